The molecule has 144 valence electrons. The summed E-state index contributed by atoms with van der Waals surface area (Å²) in [5.74, 6) is -0.833. The molecule has 1 atom stereocenters. The number of carbonyl (C=O) groups excluding carboxylic acids is 2. The molecule has 7 nitrogen and oxygen atoms in total. The van der Waals surface area contributed by atoms with Crippen molar-refractivity contribution in [2.75, 3.05) is 25.2 Å². The first-order valence-electron chi connectivity index (χ1n) is 8.83. The minimum atomic E-state index is -3.44. The highest BCUT2D eigenvalue weighted by Gasteiger charge is 2.37. The first kappa shape index (κ1) is 19.3. The number of sulfonamides is 1. The summed E-state index contributed by atoms with van der Waals surface area (Å²) >= 11 is 1.41. The summed E-state index contributed by atoms with van der Waals surface area (Å²) in [6, 6.07) is -0.725. The summed E-state index contributed by atoms with van der Waals surface area (Å²) in [5, 5.41) is 3.30. The van der Waals surface area contributed by atoms with Gasteiger partial charge in [-0.15, -0.1) is 11.3 Å². The van der Waals surface area contributed by atoms with Crippen molar-refractivity contribution in [1.29, 1.82) is 0 Å². The summed E-state index contributed by atoms with van der Waals surface area (Å²) < 4.78 is 30.0. The van der Waals surface area contributed by atoms with Crippen LogP contribution in [0, 0.1) is 0 Å². The van der Waals surface area contributed by atoms with Gasteiger partial charge < -0.3 is 10.1 Å². The van der Waals surface area contributed by atoms with Gasteiger partial charge in [0.05, 0.1) is 18.9 Å². The molecule has 1 aromatic rings. The molecule has 3 rings (SSSR count). The first-order valence-corrected chi connectivity index (χ1v) is 11.5. The number of nitrogens with zero attached hydrogens (tertiary/aromatic N) is 1. The molecule has 9 heteroatoms. The van der Waals surface area contributed by atoms with Crippen LogP contribution in [0.2, 0.25) is 0 Å². The van der Waals surface area contributed by atoms with Gasteiger partial charge in [-0.3, -0.25) is 4.79 Å². The molecule has 1 saturated heterocycles. The summed E-state index contributed by atoms with van der Waals surface area (Å²) in [4.78, 5) is 26.2. The van der Waals surface area contributed by atoms with E-state index in [1.54, 1.807) is 0 Å². The van der Waals surface area contributed by atoms with E-state index in [1.807, 2.05) is 0 Å². The molecule has 1 fully saturated rings. The lowest BCUT2D eigenvalue weighted by molar-refractivity contribution is -0.119. The van der Waals surface area contributed by atoms with E-state index in [0.29, 0.717) is 30.0 Å². The number of rotatable bonds is 4. The lowest BCUT2D eigenvalue weighted by Crippen LogP contribution is -2.42. The fourth-order valence-corrected chi connectivity index (χ4v) is 6.15. The van der Waals surface area contributed by atoms with Gasteiger partial charge in [-0.2, -0.15) is 4.31 Å². The van der Waals surface area contributed by atoms with Gasteiger partial charge >= 0.3 is 5.97 Å². The summed E-state index contributed by atoms with van der Waals surface area (Å²) in [6.07, 6.45) is 7.12. The van der Waals surface area contributed by atoms with Crippen LogP contribution in [0.5, 0.6) is 0 Å². The highest BCUT2D eigenvalue weighted by atomic mass is 32.2. The van der Waals surface area contributed by atoms with Gasteiger partial charge in [0.2, 0.25) is 15.9 Å². The van der Waals surface area contributed by atoms with Gasteiger partial charge in [-0.05, 0) is 44.1 Å². The molecule has 1 aliphatic heterocycles. The number of methoxy groups -OCH3 is 1. The van der Waals surface area contributed by atoms with Crippen LogP contribution < -0.4 is 5.32 Å². The molecular weight excluding hydrogens is 376 g/mol. The summed E-state index contributed by atoms with van der Waals surface area (Å²) in [5.41, 5.74) is 1.41. The number of carbonyl (C=O) groups is 2. The molecule has 0 aromatic carbocycles. The first-order chi connectivity index (χ1) is 12.3. The number of hydrogen-bond acceptors (Lipinski definition) is 6. The smallest absolute Gasteiger partial charge is 0.341 e. The van der Waals surface area contributed by atoms with Crippen LogP contribution in [-0.4, -0.2) is 50.6 Å². The minimum absolute atomic E-state index is 0.349. The van der Waals surface area contributed by atoms with Gasteiger partial charge in [0, 0.05) is 11.4 Å². The van der Waals surface area contributed by atoms with E-state index in [2.05, 4.69) is 5.32 Å². The average molecular weight is 401 g/mol. The molecule has 1 N–H and O–H groups in total. The van der Waals surface area contributed by atoms with Crippen molar-refractivity contribution in [3.8, 4) is 0 Å². The predicted octanol–water partition coefficient (Wildman–Crippen LogP) is 2.17. The van der Waals surface area contributed by atoms with Gasteiger partial charge in [0.1, 0.15) is 11.0 Å². The molecule has 2 aliphatic rings. The number of hydrogen-bond donors (Lipinski definition) is 1. The second kappa shape index (κ2) is 7.66. The number of aryl methyl sites for hydroxylation is 1. The number of ether oxygens (including phenoxy) is 1. The maximum absolute atomic E-state index is 12.8. The fourth-order valence-electron chi connectivity index (χ4n) is 3.74. The van der Waals surface area contributed by atoms with E-state index in [4.69, 9.17) is 4.74 Å². The molecule has 1 aromatic heterocycles. The Morgan fingerprint density at radius 1 is 1.19 bits per heavy atom. The molecular formula is C17H24N2O5S2. The quantitative estimate of drug-likeness (QED) is 0.618. The van der Waals surface area contributed by atoms with Crippen molar-refractivity contribution in [2.24, 2.45) is 0 Å². The number of amides is 1. The largest absolute Gasteiger partial charge is 0.465 e. The van der Waals surface area contributed by atoms with Crippen LogP contribution in [0.1, 0.15) is 52.9 Å². The molecule has 1 amide bonds. The van der Waals surface area contributed by atoms with Crippen molar-refractivity contribution in [3.63, 3.8) is 0 Å². The highest BCUT2D eigenvalue weighted by Crippen LogP contribution is 2.38. The third-order valence-electron chi connectivity index (χ3n) is 4.98. The Kier molecular flexibility index (Phi) is 5.69. The number of fused-ring (bicyclic) bond motifs is 1. The summed E-state index contributed by atoms with van der Waals surface area (Å²) in [7, 11) is -2.11. The van der Waals surface area contributed by atoms with Crippen molar-refractivity contribution in [3.05, 3.63) is 16.0 Å². The standard InChI is InChI=1S/C17H24N2O5S2/c1-24-17(21)14-11-7-4-3-5-9-13(11)25-16(14)18-15(20)12-8-6-10-19(12)26(2,22)23/h12H,3-10H2,1-2H3,(H,18,20). The molecule has 0 spiro atoms. The van der Waals surface area contributed by atoms with Gasteiger partial charge in [-0.1, -0.05) is 6.42 Å². The van der Waals surface area contributed by atoms with Crippen molar-refractivity contribution in [1.82, 2.24) is 4.31 Å². The van der Waals surface area contributed by atoms with Crippen LogP contribution in [-0.2, 0) is 32.4 Å². The normalized spacial score (nSPS) is 21.1. The van der Waals surface area contributed by atoms with Crippen molar-refractivity contribution in [2.45, 2.75) is 51.0 Å². The molecule has 0 saturated carbocycles. The van der Waals surface area contributed by atoms with Crippen LogP contribution in [0.3, 0.4) is 0 Å². The van der Waals surface area contributed by atoms with E-state index in [9.17, 15) is 18.0 Å². The third kappa shape index (κ3) is 3.79. The number of anilines is 1. The molecule has 1 aliphatic carbocycles. The van der Waals surface area contributed by atoms with Crippen molar-refractivity contribution >= 4 is 38.2 Å². The highest BCUT2D eigenvalue weighted by molar-refractivity contribution is 7.88. The number of thiophene rings is 1. The Morgan fingerprint density at radius 3 is 2.62 bits per heavy atom. The Labute approximate surface area is 157 Å². The third-order valence-corrected chi connectivity index (χ3v) is 7.48. The second-order valence-electron chi connectivity index (χ2n) is 6.78. The van der Waals surface area contributed by atoms with E-state index in [0.717, 1.165) is 48.8 Å². The predicted molar refractivity (Wildman–Crippen MR) is 100 cm³/mol. The van der Waals surface area contributed by atoms with E-state index < -0.39 is 22.0 Å². The van der Waals surface area contributed by atoms with Crippen LogP contribution in [0.15, 0.2) is 0 Å². The Balaban J connectivity index is 1.89. The maximum Gasteiger partial charge on any atom is 0.341 e. The van der Waals surface area contributed by atoms with Gasteiger partial charge in [0.15, 0.2) is 0 Å². The van der Waals surface area contributed by atoms with Crippen LogP contribution in [0.4, 0.5) is 5.00 Å². The van der Waals surface area contributed by atoms with Gasteiger partial charge in [-0.25, -0.2) is 13.2 Å². The second-order valence-corrected chi connectivity index (χ2v) is 9.82. The molecule has 1 unspecified atom stereocenters. The fraction of sp³-hybridized carbons (Fsp3) is 0.647. The zero-order chi connectivity index (χ0) is 18.9. The topological polar surface area (TPSA) is 92.8 Å². The van der Waals surface area contributed by atoms with Crippen molar-refractivity contribution < 1.29 is 22.7 Å². The maximum atomic E-state index is 12.8. The molecule has 2 heterocycles. The van der Waals surface area contributed by atoms with Crippen LogP contribution >= 0.6 is 11.3 Å². The van der Waals surface area contributed by atoms with E-state index >= 15 is 0 Å². The lowest BCUT2D eigenvalue weighted by Gasteiger charge is -2.21. The zero-order valence-electron chi connectivity index (χ0n) is 15.0. The van der Waals surface area contributed by atoms with Crippen LogP contribution in [0.25, 0.3) is 0 Å². The van der Waals surface area contributed by atoms with Gasteiger partial charge in [0.25, 0.3) is 0 Å². The Hall–Kier alpha value is -1.45. The Morgan fingerprint density at radius 2 is 1.92 bits per heavy atom. The molecule has 26 heavy (non-hydrogen) atoms. The number of nitrogens with one attached hydrogen (secondary N) is 1. The monoisotopic (exact) mass is 400 g/mol. The van der Waals surface area contributed by atoms with E-state index in [-0.39, 0.29) is 5.91 Å². The Bertz CT molecular complexity index is 815. The minimum Gasteiger partial charge on any atom is -0.465 e. The zero-order valence-corrected chi connectivity index (χ0v) is 16.7. The SMILES string of the molecule is COC(=O)c1c(NC(=O)C2CCCN2S(C)(=O)=O)sc2c1CCCCC2. The average Bonchev–Trinajstić information content (AvgIpc) is 3.14. The van der Waals surface area contributed by atoms with E-state index in [1.165, 1.54) is 22.8 Å². The number of esters is 1. The lowest BCUT2D eigenvalue weighted by atomic mass is 10.1. The summed E-state index contributed by atoms with van der Waals surface area (Å²) in [6.45, 7) is 0.349. The molecule has 0 radical (unpaired) electrons. The molecule has 0 bridgehead atoms.